The van der Waals surface area contributed by atoms with Crippen LogP contribution in [0.2, 0.25) is 0 Å². The Kier molecular flexibility index (Phi) is 1.84. The van der Waals surface area contributed by atoms with Crippen molar-refractivity contribution >= 4 is 34.4 Å². The number of carbonyl (C=O) groups is 1. The molecule has 0 spiro atoms. The van der Waals surface area contributed by atoms with Gasteiger partial charge in [0.05, 0.1) is 5.52 Å². The topological polar surface area (TPSA) is 34.4 Å². The minimum absolute atomic E-state index is 0.663. The van der Waals surface area contributed by atoms with E-state index in [4.69, 9.17) is 0 Å². The first-order valence-corrected chi connectivity index (χ1v) is 4.46. The molecule has 0 N–H and O–H groups in total. The second-order valence-corrected chi connectivity index (χ2v) is 3.43. The summed E-state index contributed by atoms with van der Waals surface area (Å²) >= 11 is 2.16. The van der Waals surface area contributed by atoms with Gasteiger partial charge in [0.25, 0.3) is 0 Å². The van der Waals surface area contributed by atoms with Gasteiger partial charge in [-0.05, 0) is 34.7 Å². The summed E-state index contributed by atoms with van der Waals surface area (Å²) < 4.78 is 2.79. The number of halogens is 1. The van der Waals surface area contributed by atoms with Crippen molar-refractivity contribution in [3.05, 3.63) is 33.9 Å². The zero-order valence-corrected chi connectivity index (χ0v) is 8.22. The number of imidazole rings is 1. The van der Waals surface area contributed by atoms with Crippen LogP contribution in [0.15, 0.2) is 24.7 Å². The summed E-state index contributed by atoms with van der Waals surface area (Å²) in [6.45, 7) is 0. The molecule has 2 rings (SSSR count). The molecule has 0 bridgehead atoms. The molecule has 3 nitrogen and oxygen atoms in total. The Morgan fingerprint density at radius 1 is 1.50 bits per heavy atom. The van der Waals surface area contributed by atoms with Gasteiger partial charge in [0.1, 0.15) is 10.0 Å². The van der Waals surface area contributed by atoms with Crippen LogP contribution in [0.3, 0.4) is 0 Å². The van der Waals surface area contributed by atoms with E-state index in [-0.39, 0.29) is 0 Å². The highest BCUT2D eigenvalue weighted by Crippen LogP contribution is 2.11. The fourth-order valence-corrected chi connectivity index (χ4v) is 1.64. The average molecular weight is 272 g/mol. The van der Waals surface area contributed by atoms with Gasteiger partial charge in [-0.1, -0.05) is 0 Å². The smallest absolute Gasteiger partial charge is 0.151 e. The van der Waals surface area contributed by atoms with E-state index in [1.165, 1.54) is 0 Å². The molecule has 0 amide bonds. The average Bonchev–Trinajstić information content (AvgIpc) is 2.47. The van der Waals surface area contributed by atoms with Crippen LogP contribution in [-0.4, -0.2) is 15.7 Å². The standard InChI is InChI=1S/C8H5IN2O/c9-8-7-2-1-6(4-12)3-11(7)5-10-8/h1-5H. The van der Waals surface area contributed by atoms with E-state index in [2.05, 4.69) is 27.6 Å². The van der Waals surface area contributed by atoms with Crippen LogP contribution in [0.4, 0.5) is 0 Å². The molecule has 0 aromatic carbocycles. The third-order valence-electron chi connectivity index (χ3n) is 1.64. The van der Waals surface area contributed by atoms with Gasteiger partial charge in [-0.2, -0.15) is 0 Å². The number of hydrogen-bond acceptors (Lipinski definition) is 2. The number of hydrogen-bond donors (Lipinski definition) is 0. The maximum atomic E-state index is 10.4. The first kappa shape index (κ1) is 7.72. The fraction of sp³-hybridized carbons (Fsp3) is 0. The number of nitrogens with zero attached hydrogens (tertiary/aromatic N) is 2. The van der Waals surface area contributed by atoms with Crippen LogP contribution in [0.1, 0.15) is 10.4 Å². The van der Waals surface area contributed by atoms with Crippen molar-refractivity contribution in [2.75, 3.05) is 0 Å². The third-order valence-corrected chi connectivity index (χ3v) is 2.47. The Bertz CT molecular complexity index is 436. The summed E-state index contributed by atoms with van der Waals surface area (Å²) in [6, 6.07) is 3.67. The lowest BCUT2D eigenvalue weighted by atomic mass is 10.3. The SMILES string of the molecule is O=Cc1ccc2c(I)ncn2c1. The van der Waals surface area contributed by atoms with Crippen LogP contribution < -0.4 is 0 Å². The second-order valence-electron chi connectivity index (χ2n) is 2.41. The molecular formula is C8H5IN2O. The lowest BCUT2D eigenvalue weighted by Gasteiger charge is -1.93. The van der Waals surface area contributed by atoms with E-state index in [0.29, 0.717) is 5.56 Å². The predicted molar refractivity (Wildman–Crippen MR) is 53.3 cm³/mol. The molecule has 0 aliphatic carbocycles. The Hall–Kier alpha value is -0.910. The number of pyridine rings is 1. The number of aldehydes is 1. The van der Waals surface area contributed by atoms with E-state index in [1.807, 2.05) is 10.5 Å². The molecule has 0 radical (unpaired) electrons. The van der Waals surface area contributed by atoms with Gasteiger partial charge in [-0.3, -0.25) is 4.79 Å². The zero-order chi connectivity index (χ0) is 8.55. The normalized spacial score (nSPS) is 10.4. The molecule has 12 heavy (non-hydrogen) atoms. The van der Waals surface area contributed by atoms with Crippen molar-refractivity contribution < 1.29 is 4.79 Å². The molecule has 0 saturated heterocycles. The van der Waals surface area contributed by atoms with E-state index < -0.39 is 0 Å². The van der Waals surface area contributed by atoms with Gasteiger partial charge in [0.2, 0.25) is 0 Å². The van der Waals surface area contributed by atoms with Gasteiger partial charge in [-0.15, -0.1) is 0 Å². The van der Waals surface area contributed by atoms with Crippen molar-refractivity contribution in [1.82, 2.24) is 9.38 Å². The minimum Gasteiger partial charge on any atom is -0.304 e. The Labute approximate surface area is 82.6 Å². The van der Waals surface area contributed by atoms with Crippen LogP contribution in [0.5, 0.6) is 0 Å². The monoisotopic (exact) mass is 272 g/mol. The van der Waals surface area contributed by atoms with Crippen molar-refractivity contribution in [1.29, 1.82) is 0 Å². The van der Waals surface area contributed by atoms with Gasteiger partial charge in [0.15, 0.2) is 6.29 Å². The van der Waals surface area contributed by atoms with Gasteiger partial charge in [0, 0.05) is 11.8 Å². The first-order valence-electron chi connectivity index (χ1n) is 3.38. The minimum atomic E-state index is 0.663. The van der Waals surface area contributed by atoms with Gasteiger partial charge in [-0.25, -0.2) is 4.98 Å². The second kappa shape index (κ2) is 2.85. The zero-order valence-electron chi connectivity index (χ0n) is 6.07. The molecule has 0 saturated carbocycles. The molecule has 60 valence electrons. The summed E-state index contributed by atoms with van der Waals surface area (Å²) in [5.41, 5.74) is 1.69. The van der Waals surface area contributed by atoms with Crippen LogP contribution in [0.25, 0.3) is 5.52 Å². The highest BCUT2D eigenvalue weighted by atomic mass is 127. The number of rotatable bonds is 1. The largest absolute Gasteiger partial charge is 0.304 e. The Morgan fingerprint density at radius 2 is 2.33 bits per heavy atom. The molecule has 0 unspecified atom stereocenters. The molecule has 0 aliphatic rings. The highest BCUT2D eigenvalue weighted by Gasteiger charge is 1.99. The van der Waals surface area contributed by atoms with Crippen molar-refractivity contribution in [2.24, 2.45) is 0 Å². The van der Waals surface area contributed by atoms with E-state index in [0.717, 1.165) is 15.5 Å². The molecule has 2 aromatic heterocycles. The fourth-order valence-electron chi connectivity index (χ4n) is 1.05. The summed E-state index contributed by atoms with van der Waals surface area (Å²) in [4.78, 5) is 14.5. The summed E-state index contributed by atoms with van der Waals surface area (Å²) in [6.07, 6.45) is 4.29. The third kappa shape index (κ3) is 1.12. The predicted octanol–water partition coefficient (Wildman–Crippen LogP) is 1.75. The van der Waals surface area contributed by atoms with E-state index in [9.17, 15) is 4.79 Å². The number of fused-ring (bicyclic) bond motifs is 1. The molecule has 0 atom stereocenters. The summed E-state index contributed by atoms with van der Waals surface area (Å²) in [5.74, 6) is 0. The quantitative estimate of drug-likeness (QED) is 0.585. The maximum Gasteiger partial charge on any atom is 0.151 e. The van der Waals surface area contributed by atoms with E-state index >= 15 is 0 Å². The van der Waals surface area contributed by atoms with Crippen LogP contribution in [0, 0.1) is 3.70 Å². The molecular weight excluding hydrogens is 267 g/mol. The number of carbonyl (C=O) groups excluding carboxylic acids is 1. The summed E-state index contributed by atoms with van der Waals surface area (Å²) in [7, 11) is 0. The maximum absolute atomic E-state index is 10.4. The van der Waals surface area contributed by atoms with Crippen LogP contribution in [-0.2, 0) is 0 Å². The van der Waals surface area contributed by atoms with Gasteiger partial charge < -0.3 is 4.40 Å². The number of aromatic nitrogens is 2. The van der Waals surface area contributed by atoms with Gasteiger partial charge >= 0.3 is 0 Å². The lowest BCUT2D eigenvalue weighted by Crippen LogP contribution is -1.86. The molecule has 2 heterocycles. The van der Waals surface area contributed by atoms with Crippen molar-refractivity contribution in [2.45, 2.75) is 0 Å². The van der Waals surface area contributed by atoms with Crippen molar-refractivity contribution in [3.63, 3.8) is 0 Å². The lowest BCUT2D eigenvalue weighted by molar-refractivity contribution is 0.112. The molecule has 0 fully saturated rings. The molecule has 0 aliphatic heterocycles. The van der Waals surface area contributed by atoms with E-state index in [1.54, 1.807) is 18.6 Å². The first-order chi connectivity index (χ1) is 5.81. The van der Waals surface area contributed by atoms with Crippen LogP contribution >= 0.6 is 22.6 Å². The highest BCUT2D eigenvalue weighted by molar-refractivity contribution is 14.1. The summed E-state index contributed by atoms with van der Waals surface area (Å²) in [5, 5.41) is 0. The molecule has 2 aromatic rings. The Balaban J connectivity index is 2.77. The van der Waals surface area contributed by atoms with Crippen molar-refractivity contribution in [3.8, 4) is 0 Å². The molecule has 4 heteroatoms. The Morgan fingerprint density at radius 3 is 3.08 bits per heavy atom.